The maximum absolute atomic E-state index is 8.12. The molecule has 1 heteroatoms. The summed E-state index contributed by atoms with van der Waals surface area (Å²) in [6.45, 7) is 3.62. The van der Waals surface area contributed by atoms with Crippen LogP contribution in [0, 0.1) is 11.3 Å². The molecule has 0 atom stereocenters. The maximum Gasteiger partial charge on any atom is 0.0908 e. The zero-order chi connectivity index (χ0) is 7.66. The lowest BCUT2D eigenvalue weighted by molar-refractivity contribution is 0.763. The van der Waals surface area contributed by atoms with Crippen LogP contribution >= 0.6 is 0 Å². The zero-order valence-corrected chi connectivity index (χ0v) is 6.21. The van der Waals surface area contributed by atoms with Crippen LogP contribution in [0.1, 0.15) is 25.7 Å². The molecule has 1 nitrogen and oxygen atoms in total. The number of hydrogen-bond donors (Lipinski definition) is 0. The van der Waals surface area contributed by atoms with E-state index in [0.29, 0.717) is 0 Å². The number of nitriles is 1. The molecule has 0 spiro atoms. The highest BCUT2D eigenvalue weighted by molar-refractivity contribution is 5.01. The molecule has 0 aliphatic heterocycles. The molecule has 0 N–H and O–H groups in total. The summed E-state index contributed by atoms with van der Waals surface area (Å²) in [5.74, 6) is 0. The Kier molecular flexibility index (Phi) is 7.15. The summed E-state index contributed by atoms with van der Waals surface area (Å²) in [5.41, 5.74) is 0. The van der Waals surface area contributed by atoms with Gasteiger partial charge >= 0.3 is 0 Å². The molecule has 0 saturated carbocycles. The van der Waals surface area contributed by atoms with Gasteiger partial charge in [0.1, 0.15) is 0 Å². The fraction of sp³-hybridized carbons (Fsp3) is 0.444. The van der Waals surface area contributed by atoms with Crippen molar-refractivity contribution in [2.45, 2.75) is 25.7 Å². The molecule has 0 aliphatic rings. The molecular weight excluding hydrogens is 122 g/mol. The Morgan fingerprint density at radius 1 is 1.30 bits per heavy atom. The van der Waals surface area contributed by atoms with Crippen molar-refractivity contribution in [3.05, 3.63) is 24.8 Å². The minimum atomic E-state index is 1.02. The van der Waals surface area contributed by atoms with E-state index in [1.54, 1.807) is 0 Å². The second kappa shape index (κ2) is 7.97. The molecule has 0 unspecified atom stereocenters. The Bertz CT molecular complexity index is 139. The average Bonchev–Trinajstić information content (AvgIpc) is 1.97. The van der Waals surface area contributed by atoms with Gasteiger partial charge in [0.2, 0.25) is 0 Å². The van der Waals surface area contributed by atoms with Gasteiger partial charge in [-0.25, -0.2) is 0 Å². The molecule has 0 aliphatic carbocycles. The van der Waals surface area contributed by atoms with Gasteiger partial charge < -0.3 is 0 Å². The lowest BCUT2D eigenvalue weighted by atomic mass is 10.2. The van der Waals surface area contributed by atoms with E-state index < -0.39 is 0 Å². The van der Waals surface area contributed by atoms with E-state index in [-0.39, 0.29) is 0 Å². The van der Waals surface area contributed by atoms with E-state index in [4.69, 9.17) is 5.26 Å². The molecule has 0 heterocycles. The Morgan fingerprint density at radius 3 is 2.60 bits per heavy atom. The highest BCUT2D eigenvalue weighted by Crippen LogP contribution is 2.00. The SMILES string of the molecule is C=CCCCCC=CC#N. The zero-order valence-electron chi connectivity index (χ0n) is 6.21. The second-order valence-electron chi connectivity index (χ2n) is 2.10. The van der Waals surface area contributed by atoms with Crippen LogP contribution in [0.25, 0.3) is 0 Å². The van der Waals surface area contributed by atoms with Gasteiger partial charge in [-0.3, -0.25) is 0 Å². The van der Waals surface area contributed by atoms with E-state index >= 15 is 0 Å². The summed E-state index contributed by atoms with van der Waals surface area (Å²) in [5, 5.41) is 8.12. The summed E-state index contributed by atoms with van der Waals surface area (Å²) in [6, 6.07) is 1.96. The standard InChI is InChI=1S/C9H13N/c1-2-3-4-5-6-7-8-9-10/h2,7-8H,1,3-6H2. The third-order valence-electron chi connectivity index (χ3n) is 1.22. The van der Waals surface area contributed by atoms with Gasteiger partial charge in [0.15, 0.2) is 0 Å². The molecule has 0 rings (SSSR count). The predicted molar refractivity (Wildman–Crippen MR) is 43.4 cm³/mol. The average molecular weight is 135 g/mol. The first kappa shape index (κ1) is 8.97. The van der Waals surface area contributed by atoms with Crippen molar-refractivity contribution in [1.82, 2.24) is 0 Å². The molecule has 0 radical (unpaired) electrons. The van der Waals surface area contributed by atoms with Crippen LogP contribution in [0.15, 0.2) is 24.8 Å². The summed E-state index contributed by atoms with van der Waals surface area (Å²) >= 11 is 0. The largest absolute Gasteiger partial charge is 0.193 e. The van der Waals surface area contributed by atoms with Gasteiger partial charge in [-0.05, 0) is 25.7 Å². The van der Waals surface area contributed by atoms with Gasteiger partial charge in [-0.1, -0.05) is 12.2 Å². The number of rotatable bonds is 5. The molecule has 0 amide bonds. The van der Waals surface area contributed by atoms with Crippen LogP contribution in [-0.4, -0.2) is 0 Å². The van der Waals surface area contributed by atoms with Crippen molar-refractivity contribution in [2.24, 2.45) is 0 Å². The Balaban J connectivity index is 2.99. The number of allylic oxidation sites excluding steroid dienone is 3. The van der Waals surface area contributed by atoms with E-state index in [1.807, 2.05) is 18.2 Å². The predicted octanol–water partition coefficient (Wildman–Crippen LogP) is 2.81. The third-order valence-corrected chi connectivity index (χ3v) is 1.22. The van der Waals surface area contributed by atoms with Crippen LogP contribution in [0.2, 0.25) is 0 Å². The number of hydrogen-bond acceptors (Lipinski definition) is 1. The highest BCUT2D eigenvalue weighted by atomic mass is 14.2. The first-order chi connectivity index (χ1) is 4.91. The van der Waals surface area contributed by atoms with E-state index in [2.05, 4.69) is 6.58 Å². The van der Waals surface area contributed by atoms with Gasteiger partial charge in [0, 0.05) is 6.08 Å². The van der Waals surface area contributed by atoms with Crippen LogP contribution < -0.4 is 0 Å². The monoisotopic (exact) mass is 135 g/mol. The molecule has 0 aromatic carbocycles. The van der Waals surface area contributed by atoms with Gasteiger partial charge in [-0.2, -0.15) is 5.26 Å². The first-order valence-corrected chi connectivity index (χ1v) is 3.57. The molecular formula is C9H13N. The molecule has 0 aromatic rings. The van der Waals surface area contributed by atoms with Gasteiger partial charge in [-0.15, -0.1) is 6.58 Å². The molecule has 0 fully saturated rings. The van der Waals surface area contributed by atoms with E-state index in [1.165, 1.54) is 12.5 Å². The topological polar surface area (TPSA) is 23.8 Å². The summed E-state index contributed by atoms with van der Waals surface area (Å²) in [6.07, 6.45) is 9.80. The fourth-order valence-corrected chi connectivity index (χ4v) is 0.687. The Labute approximate surface area is 62.7 Å². The van der Waals surface area contributed by atoms with Crippen molar-refractivity contribution in [2.75, 3.05) is 0 Å². The Morgan fingerprint density at radius 2 is 2.00 bits per heavy atom. The number of unbranched alkanes of at least 4 members (excludes halogenated alkanes) is 3. The maximum atomic E-state index is 8.12. The Hall–Kier alpha value is -1.03. The van der Waals surface area contributed by atoms with Crippen molar-refractivity contribution in [3.8, 4) is 6.07 Å². The van der Waals surface area contributed by atoms with Gasteiger partial charge in [0.25, 0.3) is 0 Å². The molecule has 0 bridgehead atoms. The third kappa shape index (κ3) is 6.97. The second-order valence-corrected chi connectivity index (χ2v) is 2.10. The van der Waals surface area contributed by atoms with Crippen LogP contribution in [-0.2, 0) is 0 Å². The minimum absolute atomic E-state index is 1.02. The lowest BCUT2D eigenvalue weighted by Crippen LogP contribution is -1.70. The van der Waals surface area contributed by atoms with Crippen molar-refractivity contribution in [3.63, 3.8) is 0 Å². The van der Waals surface area contributed by atoms with Crippen LogP contribution in [0.4, 0.5) is 0 Å². The van der Waals surface area contributed by atoms with Crippen molar-refractivity contribution >= 4 is 0 Å². The van der Waals surface area contributed by atoms with Crippen LogP contribution in [0.5, 0.6) is 0 Å². The first-order valence-electron chi connectivity index (χ1n) is 3.57. The summed E-state index contributed by atoms with van der Waals surface area (Å²) < 4.78 is 0. The quantitative estimate of drug-likeness (QED) is 0.323. The van der Waals surface area contributed by atoms with Crippen molar-refractivity contribution in [1.29, 1.82) is 5.26 Å². The van der Waals surface area contributed by atoms with E-state index in [0.717, 1.165) is 19.3 Å². The minimum Gasteiger partial charge on any atom is -0.193 e. The van der Waals surface area contributed by atoms with Gasteiger partial charge in [0.05, 0.1) is 6.07 Å². The fourth-order valence-electron chi connectivity index (χ4n) is 0.687. The smallest absolute Gasteiger partial charge is 0.0908 e. The number of nitrogens with zero attached hydrogens (tertiary/aromatic N) is 1. The molecule has 0 aromatic heterocycles. The molecule has 0 saturated heterocycles. The highest BCUT2D eigenvalue weighted by Gasteiger charge is 1.80. The summed E-state index contributed by atoms with van der Waals surface area (Å²) in [7, 11) is 0. The molecule has 10 heavy (non-hydrogen) atoms. The van der Waals surface area contributed by atoms with Crippen molar-refractivity contribution < 1.29 is 0 Å². The van der Waals surface area contributed by atoms with Crippen LogP contribution in [0.3, 0.4) is 0 Å². The van der Waals surface area contributed by atoms with E-state index in [9.17, 15) is 0 Å². The summed E-state index contributed by atoms with van der Waals surface area (Å²) in [4.78, 5) is 0. The normalized spacial score (nSPS) is 9.50. The molecule has 54 valence electrons. The lowest BCUT2D eigenvalue weighted by Gasteiger charge is -1.89.